The lowest BCUT2D eigenvalue weighted by Crippen LogP contribution is -2.20. The quantitative estimate of drug-likeness (QED) is 0.475. The van der Waals surface area contributed by atoms with E-state index in [9.17, 15) is 14.9 Å². The van der Waals surface area contributed by atoms with E-state index in [0.717, 1.165) is 21.9 Å². The fraction of sp³-hybridized carbons (Fsp3) is 0.158. The first-order valence-corrected chi connectivity index (χ1v) is 9.07. The second-order valence-corrected chi connectivity index (χ2v) is 6.94. The largest absolute Gasteiger partial charge is 0.497 e. The Morgan fingerprint density at radius 3 is 2.39 bits per heavy atom. The zero-order valence-electron chi connectivity index (χ0n) is 15.2. The van der Waals surface area contributed by atoms with Crippen molar-refractivity contribution in [2.75, 3.05) is 19.0 Å². The topological polar surface area (TPSA) is 104 Å². The van der Waals surface area contributed by atoms with Crippen molar-refractivity contribution >= 4 is 28.1 Å². The predicted octanol–water partition coefficient (Wildman–Crippen LogP) is 4.05. The Morgan fingerprint density at radius 2 is 1.79 bits per heavy atom. The van der Waals surface area contributed by atoms with Gasteiger partial charge in [-0.15, -0.1) is 11.3 Å². The number of benzene rings is 2. The third kappa shape index (κ3) is 4.63. The molecule has 0 fully saturated rings. The first kappa shape index (κ1) is 19.3. The molecule has 0 atom stereocenters. The van der Waals surface area contributed by atoms with Gasteiger partial charge in [-0.3, -0.25) is 20.2 Å². The van der Waals surface area contributed by atoms with Gasteiger partial charge in [-0.05, 0) is 43.3 Å². The van der Waals surface area contributed by atoms with Gasteiger partial charge in [0.15, 0.2) is 11.7 Å². The second kappa shape index (κ2) is 8.49. The number of anilines is 1. The zero-order chi connectivity index (χ0) is 20.1. The molecule has 0 radical (unpaired) electrons. The SMILES string of the molecule is COc1ccc(-c2nc(NC(=O)COc3ccc([N+](=O)[O-])cc3)sc2C)cc1. The van der Waals surface area contributed by atoms with Gasteiger partial charge in [-0.25, -0.2) is 4.98 Å². The van der Waals surface area contributed by atoms with Crippen LogP contribution in [0.3, 0.4) is 0 Å². The highest BCUT2D eigenvalue weighted by Gasteiger charge is 2.13. The highest BCUT2D eigenvalue weighted by molar-refractivity contribution is 7.16. The van der Waals surface area contributed by atoms with Crippen LogP contribution in [0.2, 0.25) is 0 Å². The van der Waals surface area contributed by atoms with E-state index in [4.69, 9.17) is 9.47 Å². The van der Waals surface area contributed by atoms with E-state index in [1.165, 1.54) is 35.6 Å². The van der Waals surface area contributed by atoms with Crippen LogP contribution in [0.5, 0.6) is 11.5 Å². The Kier molecular flexibility index (Phi) is 5.85. The van der Waals surface area contributed by atoms with Gasteiger partial charge < -0.3 is 9.47 Å². The predicted molar refractivity (Wildman–Crippen MR) is 106 cm³/mol. The highest BCUT2D eigenvalue weighted by atomic mass is 32.1. The summed E-state index contributed by atoms with van der Waals surface area (Å²) in [5.74, 6) is 0.761. The molecule has 3 aromatic rings. The van der Waals surface area contributed by atoms with Crippen LogP contribution < -0.4 is 14.8 Å². The molecule has 1 amide bonds. The molecule has 1 aromatic heterocycles. The number of aryl methyl sites for hydroxylation is 1. The third-order valence-electron chi connectivity index (χ3n) is 3.82. The van der Waals surface area contributed by atoms with Gasteiger partial charge in [-0.2, -0.15) is 0 Å². The summed E-state index contributed by atoms with van der Waals surface area (Å²) in [6.45, 7) is 1.70. The van der Waals surface area contributed by atoms with Crippen molar-refractivity contribution in [3.8, 4) is 22.8 Å². The molecule has 3 rings (SSSR count). The summed E-state index contributed by atoms with van der Waals surface area (Å²) in [6, 6.07) is 13.0. The molecule has 0 aliphatic rings. The molecule has 1 heterocycles. The molecule has 9 heteroatoms. The number of thiazole rings is 1. The molecule has 28 heavy (non-hydrogen) atoms. The van der Waals surface area contributed by atoms with Crippen LogP contribution in [-0.4, -0.2) is 29.5 Å². The van der Waals surface area contributed by atoms with Crippen LogP contribution in [0.4, 0.5) is 10.8 Å². The molecule has 0 bridgehead atoms. The van der Waals surface area contributed by atoms with E-state index in [1.807, 2.05) is 31.2 Å². The molecule has 0 saturated carbocycles. The van der Waals surface area contributed by atoms with Crippen LogP contribution in [0.15, 0.2) is 48.5 Å². The maximum atomic E-state index is 12.1. The van der Waals surface area contributed by atoms with Gasteiger partial charge in [0.1, 0.15) is 11.5 Å². The molecule has 0 unspecified atom stereocenters. The van der Waals surface area contributed by atoms with Crippen molar-refractivity contribution in [2.24, 2.45) is 0 Å². The van der Waals surface area contributed by atoms with Gasteiger partial charge in [-0.1, -0.05) is 0 Å². The maximum Gasteiger partial charge on any atom is 0.269 e. The summed E-state index contributed by atoms with van der Waals surface area (Å²) in [5, 5.41) is 13.8. The number of ether oxygens (including phenoxy) is 2. The molecular formula is C19H17N3O5S. The van der Waals surface area contributed by atoms with Gasteiger partial charge in [0.05, 0.1) is 17.7 Å². The molecule has 0 aliphatic carbocycles. The smallest absolute Gasteiger partial charge is 0.269 e. The number of carbonyl (C=O) groups is 1. The molecule has 1 N–H and O–H groups in total. The number of amides is 1. The fourth-order valence-electron chi connectivity index (χ4n) is 2.43. The number of nitro benzene ring substituents is 1. The first-order valence-electron chi connectivity index (χ1n) is 8.25. The van der Waals surface area contributed by atoms with Gasteiger partial charge in [0.2, 0.25) is 0 Å². The Bertz CT molecular complexity index is 984. The number of rotatable bonds is 7. The minimum atomic E-state index is -0.498. The third-order valence-corrected chi connectivity index (χ3v) is 4.71. The van der Waals surface area contributed by atoms with Crippen LogP contribution in [-0.2, 0) is 4.79 Å². The van der Waals surface area contributed by atoms with Crippen molar-refractivity contribution in [1.29, 1.82) is 0 Å². The molecule has 2 aromatic carbocycles. The van der Waals surface area contributed by atoms with Crippen molar-refractivity contribution in [1.82, 2.24) is 4.98 Å². The number of carbonyl (C=O) groups excluding carboxylic acids is 1. The minimum absolute atomic E-state index is 0.0406. The average molecular weight is 399 g/mol. The minimum Gasteiger partial charge on any atom is -0.497 e. The Labute approximate surface area is 164 Å². The van der Waals surface area contributed by atoms with Crippen molar-refractivity contribution in [3.05, 3.63) is 63.5 Å². The van der Waals surface area contributed by atoms with E-state index < -0.39 is 4.92 Å². The van der Waals surface area contributed by atoms with E-state index >= 15 is 0 Å². The molecular weight excluding hydrogens is 382 g/mol. The van der Waals surface area contributed by atoms with Crippen LogP contribution in [0, 0.1) is 17.0 Å². The molecule has 0 saturated heterocycles. The van der Waals surface area contributed by atoms with E-state index in [2.05, 4.69) is 10.3 Å². The maximum absolute atomic E-state index is 12.1. The molecule has 0 spiro atoms. The highest BCUT2D eigenvalue weighted by Crippen LogP contribution is 2.31. The standard InChI is InChI=1S/C19H17N3O5S/c1-12-18(13-3-7-15(26-2)8-4-13)21-19(28-12)20-17(23)11-27-16-9-5-14(6-10-16)22(24)25/h3-10H,11H2,1-2H3,(H,20,21,23). The van der Waals surface area contributed by atoms with Crippen LogP contribution in [0.1, 0.15) is 4.88 Å². The number of non-ortho nitro benzene ring substituents is 1. The Balaban J connectivity index is 1.60. The number of methoxy groups -OCH3 is 1. The van der Waals surface area contributed by atoms with Gasteiger partial charge >= 0.3 is 0 Å². The van der Waals surface area contributed by atoms with Crippen molar-refractivity contribution in [3.63, 3.8) is 0 Å². The number of nitrogens with one attached hydrogen (secondary N) is 1. The van der Waals surface area contributed by atoms with E-state index in [0.29, 0.717) is 10.9 Å². The lowest BCUT2D eigenvalue weighted by Gasteiger charge is -2.05. The van der Waals surface area contributed by atoms with Crippen molar-refractivity contribution < 1.29 is 19.2 Å². The monoisotopic (exact) mass is 399 g/mol. The second-order valence-electron chi connectivity index (χ2n) is 5.74. The van der Waals surface area contributed by atoms with Gasteiger partial charge in [0.25, 0.3) is 11.6 Å². The summed E-state index contributed by atoms with van der Waals surface area (Å²) in [5.41, 5.74) is 1.68. The number of hydrogen-bond donors (Lipinski definition) is 1. The fourth-order valence-corrected chi connectivity index (χ4v) is 3.29. The van der Waals surface area contributed by atoms with Crippen LogP contribution in [0.25, 0.3) is 11.3 Å². The number of nitrogens with zero attached hydrogens (tertiary/aromatic N) is 2. The van der Waals surface area contributed by atoms with Gasteiger partial charge in [0, 0.05) is 22.6 Å². The van der Waals surface area contributed by atoms with Crippen LogP contribution >= 0.6 is 11.3 Å². The summed E-state index contributed by atoms with van der Waals surface area (Å²) in [6.07, 6.45) is 0. The van der Waals surface area contributed by atoms with E-state index in [-0.39, 0.29) is 18.2 Å². The molecule has 144 valence electrons. The molecule has 8 nitrogen and oxygen atoms in total. The average Bonchev–Trinajstić information content (AvgIpc) is 3.06. The Hall–Kier alpha value is -3.46. The lowest BCUT2D eigenvalue weighted by atomic mass is 10.1. The summed E-state index contributed by atoms with van der Waals surface area (Å²) < 4.78 is 10.5. The lowest BCUT2D eigenvalue weighted by molar-refractivity contribution is -0.384. The number of hydrogen-bond acceptors (Lipinski definition) is 7. The normalized spacial score (nSPS) is 10.4. The Morgan fingerprint density at radius 1 is 1.14 bits per heavy atom. The van der Waals surface area contributed by atoms with Crippen molar-refractivity contribution in [2.45, 2.75) is 6.92 Å². The summed E-state index contributed by atoms with van der Waals surface area (Å²) >= 11 is 1.37. The number of aromatic nitrogens is 1. The summed E-state index contributed by atoms with van der Waals surface area (Å²) in [4.78, 5) is 27.7. The van der Waals surface area contributed by atoms with E-state index in [1.54, 1.807) is 7.11 Å². The first-order chi connectivity index (χ1) is 13.5. The zero-order valence-corrected chi connectivity index (χ0v) is 16.0. The summed E-state index contributed by atoms with van der Waals surface area (Å²) in [7, 11) is 1.61. The molecule has 0 aliphatic heterocycles. The number of nitro groups is 1.